The van der Waals surface area contributed by atoms with Gasteiger partial charge in [-0.1, -0.05) is 18.6 Å². The first-order valence-electron chi connectivity index (χ1n) is 9.14. The zero-order chi connectivity index (χ0) is 18.5. The fraction of sp³-hybridized carbons (Fsp3) is 0.286. The molecule has 1 fully saturated rings. The molecule has 0 saturated carbocycles. The highest BCUT2D eigenvalue weighted by atomic mass is 79.9. The summed E-state index contributed by atoms with van der Waals surface area (Å²) in [4.78, 5) is 15.1. The van der Waals surface area contributed by atoms with Crippen LogP contribution in [0.2, 0.25) is 0 Å². The van der Waals surface area contributed by atoms with Crippen LogP contribution in [0.4, 0.5) is 0 Å². The Morgan fingerprint density at radius 1 is 1.04 bits per heavy atom. The van der Waals surface area contributed by atoms with Crippen molar-refractivity contribution in [1.29, 1.82) is 0 Å². The number of furan rings is 1. The van der Waals surface area contributed by atoms with Crippen molar-refractivity contribution in [3.05, 3.63) is 50.8 Å². The van der Waals surface area contributed by atoms with Crippen molar-refractivity contribution in [2.45, 2.75) is 25.8 Å². The molecule has 6 heteroatoms. The second kappa shape index (κ2) is 6.39. The average molecular weight is 428 g/mol. The Morgan fingerprint density at radius 3 is 2.63 bits per heavy atom. The predicted molar refractivity (Wildman–Crippen MR) is 108 cm³/mol. The number of hydrogen-bond donors (Lipinski definition) is 1. The summed E-state index contributed by atoms with van der Waals surface area (Å²) in [6.45, 7) is 2.56. The Hall–Kier alpha value is -2.31. The molecule has 2 aromatic heterocycles. The first-order chi connectivity index (χ1) is 13.1. The van der Waals surface area contributed by atoms with Crippen molar-refractivity contribution in [3.8, 4) is 5.75 Å². The van der Waals surface area contributed by atoms with Crippen LogP contribution in [0.1, 0.15) is 24.8 Å². The van der Waals surface area contributed by atoms with Crippen molar-refractivity contribution < 1.29 is 13.9 Å². The van der Waals surface area contributed by atoms with Gasteiger partial charge in [0.05, 0.1) is 9.86 Å². The van der Waals surface area contributed by atoms with E-state index in [4.69, 9.17) is 8.83 Å². The number of aromatic hydroxyl groups is 1. The molecule has 0 aliphatic carbocycles. The molecule has 1 saturated heterocycles. The van der Waals surface area contributed by atoms with Gasteiger partial charge in [-0.05, 0) is 60.1 Å². The number of nitrogens with zero attached hydrogens (tertiary/aromatic N) is 1. The Morgan fingerprint density at radius 2 is 1.81 bits per heavy atom. The van der Waals surface area contributed by atoms with Crippen molar-refractivity contribution in [2.75, 3.05) is 13.1 Å². The number of fused-ring (bicyclic) bond motifs is 5. The molecule has 0 unspecified atom stereocenters. The van der Waals surface area contributed by atoms with E-state index in [1.54, 1.807) is 12.1 Å². The summed E-state index contributed by atoms with van der Waals surface area (Å²) < 4.78 is 12.3. The minimum atomic E-state index is -0.445. The molecule has 27 heavy (non-hydrogen) atoms. The van der Waals surface area contributed by atoms with E-state index in [0.717, 1.165) is 36.9 Å². The van der Waals surface area contributed by atoms with E-state index in [1.165, 1.54) is 6.42 Å². The summed E-state index contributed by atoms with van der Waals surface area (Å²) in [7, 11) is 0. The lowest BCUT2D eigenvalue weighted by Gasteiger charge is -2.27. The Kier molecular flexibility index (Phi) is 3.98. The van der Waals surface area contributed by atoms with Gasteiger partial charge in [-0.15, -0.1) is 0 Å². The Balaban J connectivity index is 1.85. The monoisotopic (exact) mass is 427 g/mol. The van der Waals surface area contributed by atoms with Gasteiger partial charge >= 0.3 is 5.63 Å². The van der Waals surface area contributed by atoms with Crippen LogP contribution in [0.3, 0.4) is 0 Å². The Labute approximate surface area is 163 Å². The second-order valence-corrected chi connectivity index (χ2v) is 7.94. The first kappa shape index (κ1) is 16.8. The number of likely N-dealkylation sites (tertiary alicyclic amines) is 1. The van der Waals surface area contributed by atoms with Gasteiger partial charge in [-0.25, -0.2) is 4.79 Å². The highest BCUT2D eigenvalue weighted by molar-refractivity contribution is 9.10. The molecule has 5 rings (SSSR count). The molecule has 1 aliphatic heterocycles. The predicted octanol–water partition coefficient (Wildman–Crippen LogP) is 5.15. The van der Waals surface area contributed by atoms with Crippen LogP contribution in [0.5, 0.6) is 5.75 Å². The zero-order valence-corrected chi connectivity index (χ0v) is 16.2. The minimum absolute atomic E-state index is 0.162. The minimum Gasteiger partial charge on any atom is -0.508 e. The molecule has 1 N–H and O–H groups in total. The van der Waals surface area contributed by atoms with E-state index in [9.17, 15) is 9.90 Å². The molecular weight excluding hydrogens is 410 g/mol. The lowest BCUT2D eigenvalue weighted by atomic mass is 10.0. The quantitative estimate of drug-likeness (QED) is 0.448. The summed E-state index contributed by atoms with van der Waals surface area (Å²) in [6.07, 6.45) is 3.54. The third-order valence-electron chi connectivity index (χ3n) is 5.37. The molecule has 0 radical (unpaired) electrons. The summed E-state index contributed by atoms with van der Waals surface area (Å²) in [5.41, 5.74) is 1.84. The molecular formula is C21H18BrNO4. The van der Waals surface area contributed by atoms with Crippen molar-refractivity contribution in [2.24, 2.45) is 0 Å². The van der Waals surface area contributed by atoms with E-state index < -0.39 is 5.63 Å². The van der Waals surface area contributed by atoms with E-state index in [1.807, 2.05) is 18.2 Å². The van der Waals surface area contributed by atoms with Gasteiger partial charge in [0.2, 0.25) is 0 Å². The van der Waals surface area contributed by atoms with E-state index >= 15 is 0 Å². The lowest BCUT2D eigenvalue weighted by molar-refractivity contribution is 0.219. The van der Waals surface area contributed by atoms with Gasteiger partial charge in [0.15, 0.2) is 11.2 Å². The zero-order valence-electron chi connectivity index (χ0n) is 14.6. The number of phenols is 1. The van der Waals surface area contributed by atoms with Crippen molar-refractivity contribution >= 4 is 48.8 Å². The molecule has 138 valence electrons. The number of piperidine rings is 1. The fourth-order valence-corrected chi connectivity index (χ4v) is 4.56. The highest BCUT2D eigenvalue weighted by Gasteiger charge is 2.24. The number of phenolic OH excluding ortho intramolecular Hbond substituents is 1. The number of rotatable bonds is 2. The largest absolute Gasteiger partial charge is 0.508 e. The average Bonchev–Trinajstić information content (AvgIpc) is 3.08. The van der Waals surface area contributed by atoms with Crippen molar-refractivity contribution in [3.63, 3.8) is 0 Å². The molecule has 0 spiro atoms. The molecule has 0 bridgehead atoms. The summed E-state index contributed by atoms with van der Waals surface area (Å²) in [5.74, 6) is 0.162. The summed E-state index contributed by atoms with van der Waals surface area (Å²) >= 11 is 3.47. The lowest BCUT2D eigenvalue weighted by Crippen LogP contribution is -2.29. The maximum absolute atomic E-state index is 12.8. The number of para-hydroxylation sites is 1. The topological polar surface area (TPSA) is 66.8 Å². The van der Waals surface area contributed by atoms with E-state index in [-0.39, 0.29) is 5.75 Å². The molecule has 2 aromatic carbocycles. The maximum Gasteiger partial charge on any atom is 0.348 e. The van der Waals surface area contributed by atoms with Gasteiger partial charge < -0.3 is 13.9 Å². The van der Waals surface area contributed by atoms with Crippen LogP contribution in [0.25, 0.3) is 32.9 Å². The fourth-order valence-electron chi connectivity index (χ4n) is 4.07. The van der Waals surface area contributed by atoms with Crippen LogP contribution in [0.15, 0.2) is 48.4 Å². The van der Waals surface area contributed by atoms with Gasteiger partial charge in [-0.2, -0.15) is 0 Å². The summed E-state index contributed by atoms with van der Waals surface area (Å²) in [5, 5.41) is 12.5. The number of benzene rings is 2. The molecule has 1 aliphatic rings. The summed E-state index contributed by atoms with van der Waals surface area (Å²) in [6, 6.07) is 8.98. The van der Waals surface area contributed by atoms with E-state index in [0.29, 0.717) is 38.5 Å². The highest BCUT2D eigenvalue weighted by Crippen LogP contribution is 2.41. The normalized spacial score (nSPS) is 15.9. The number of hydrogen-bond acceptors (Lipinski definition) is 5. The molecule has 4 aromatic rings. The van der Waals surface area contributed by atoms with Crippen LogP contribution < -0.4 is 5.63 Å². The van der Waals surface area contributed by atoms with Crippen LogP contribution in [-0.4, -0.2) is 23.1 Å². The number of halogens is 1. The van der Waals surface area contributed by atoms with E-state index in [2.05, 4.69) is 20.8 Å². The molecule has 0 amide bonds. The first-order valence-corrected chi connectivity index (χ1v) is 9.93. The van der Waals surface area contributed by atoms with Crippen LogP contribution >= 0.6 is 15.9 Å². The van der Waals surface area contributed by atoms with Gasteiger partial charge in [0, 0.05) is 17.5 Å². The molecule has 3 heterocycles. The Bertz CT molecular complexity index is 1230. The SMILES string of the molecule is O=c1oc2ccccc2c2oc3c(Br)cc(O)c(CN4CCCCC4)c3c12. The smallest absolute Gasteiger partial charge is 0.348 e. The van der Waals surface area contributed by atoms with Gasteiger partial charge in [0.1, 0.15) is 16.7 Å². The molecule has 0 atom stereocenters. The van der Waals surface area contributed by atoms with Crippen molar-refractivity contribution in [1.82, 2.24) is 4.90 Å². The standard InChI is InChI=1S/C21H18BrNO4/c22-14-10-15(24)13(11-23-8-4-1-5-9-23)17-18-19(27-20(14)17)12-6-2-3-7-16(12)26-21(18)25/h2-3,6-7,10,24H,1,4-5,8-9,11H2. The van der Waals surface area contributed by atoms with Gasteiger partial charge in [-0.3, -0.25) is 4.90 Å². The van der Waals surface area contributed by atoms with Crippen LogP contribution in [0, 0.1) is 0 Å². The van der Waals surface area contributed by atoms with Crippen LogP contribution in [-0.2, 0) is 6.54 Å². The maximum atomic E-state index is 12.8. The third-order valence-corrected chi connectivity index (χ3v) is 5.96. The van der Waals surface area contributed by atoms with Gasteiger partial charge in [0.25, 0.3) is 0 Å². The molecule has 5 nitrogen and oxygen atoms in total. The third kappa shape index (κ3) is 2.66. The second-order valence-electron chi connectivity index (χ2n) is 7.09.